The van der Waals surface area contributed by atoms with Crippen LogP contribution in [0, 0.1) is 6.92 Å². The van der Waals surface area contributed by atoms with Crippen molar-refractivity contribution in [3.63, 3.8) is 0 Å². The van der Waals surface area contributed by atoms with Crippen LogP contribution in [0.5, 0.6) is 0 Å². The molecular formula is C14H19N3. The summed E-state index contributed by atoms with van der Waals surface area (Å²) in [4.78, 5) is 0. The largest absolute Gasteiger partial charge is 0.310 e. The van der Waals surface area contributed by atoms with Crippen LogP contribution in [0.4, 0.5) is 0 Å². The Kier molecular flexibility index (Phi) is 3.59. The van der Waals surface area contributed by atoms with E-state index >= 15 is 0 Å². The molecule has 0 saturated heterocycles. The van der Waals surface area contributed by atoms with Crippen LogP contribution in [-0.2, 0) is 6.54 Å². The minimum absolute atomic E-state index is 0.488. The molecule has 0 unspecified atom stereocenters. The summed E-state index contributed by atoms with van der Waals surface area (Å²) in [5.41, 5.74) is 3.59. The number of aromatic nitrogens is 2. The smallest absolute Gasteiger partial charge is 0.0690 e. The molecule has 0 atom stereocenters. The van der Waals surface area contributed by atoms with Crippen LogP contribution in [0.15, 0.2) is 36.7 Å². The summed E-state index contributed by atoms with van der Waals surface area (Å²) in [6, 6.07) is 8.84. The SMILES string of the molecule is Cc1cnn(-c2ccccc2CNC(C)C)c1. The fourth-order valence-electron chi connectivity index (χ4n) is 1.74. The summed E-state index contributed by atoms with van der Waals surface area (Å²) in [5.74, 6) is 0. The molecule has 1 aromatic heterocycles. The van der Waals surface area contributed by atoms with Gasteiger partial charge < -0.3 is 5.32 Å². The third kappa shape index (κ3) is 2.94. The number of aryl methyl sites for hydroxylation is 1. The number of benzene rings is 1. The third-order valence-electron chi connectivity index (χ3n) is 2.65. The maximum Gasteiger partial charge on any atom is 0.0690 e. The molecule has 3 nitrogen and oxygen atoms in total. The first kappa shape index (κ1) is 11.9. The number of nitrogens with zero attached hydrogens (tertiary/aromatic N) is 2. The molecule has 0 radical (unpaired) electrons. The van der Waals surface area contributed by atoms with Crippen LogP contribution in [0.25, 0.3) is 5.69 Å². The topological polar surface area (TPSA) is 29.9 Å². The highest BCUT2D eigenvalue weighted by atomic mass is 15.3. The van der Waals surface area contributed by atoms with Crippen molar-refractivity contribution in [3.05, 3.63) is 47.8 Å². The highest BCUT2D eigenvalue weighted by molar-refractivity contribution is 5.40. The fraction of sp³-hybridized carbons (Fsp3) is 0.357. The first-order valence-electron chi connectivity index (χ1n) is 6.00. The maximum absolute atomic E-state index is 4.36. The normalized spacial score (nSPS) is 11.1. The van der Waals surface area contributed by atoms with Crippen LogP contribution < -0.4 is 5.32 Å². The van der Waals surface area contributed by atoms with Gasteiger partial charge in [-0.3, -0.25) is 0 Å². The first-order chi connectivity index (χ1) is 8.16. The van der Waals surface area contributed by atoms with Crippen LogP contribution >= 0.6 is 0 Å². The van der Waals surface area contributed by atoms with E-state index in [0.29, 0.717) is 6.04 Å². The molecule has 17 heavy (non-hydrogen) atoms. The zero-order valence-corrected chi connectivity index (χ0v) is 10.6. The first-order valence-corrected chi connectivity index (χ1v) is 6.00. The number of rotatable bonds is 4. The molecule has 2 aromatic rings. The average Bonchev–Trinajstić information content (AvgIpc) is 2.73. The molecule has 90 valence electrons. The number of hydrogen-bond acceptors (Lipinski definition) is 2. The van der Waals surface area contributed by atoms with Crippen molar-refractivity contribution < 1.29 is 0 Å². The van der Waals surface area contributed by atoms with Gasteiger partial charge in [-0.05, 0) is 24.1 Å². The molecule has 0 aliphatic heterocycles. The Balaban J connectivity index is 2.27. The Hall–Kier alpha value is -1.61. The highest BCUT2D eigenvalue weighted by Crippen LogP contribution is 2.14. The van der Waals surface area contributed by atoms with Gasteiger partial charge in [0.25, 0.3) is 0 Å². The molecule has 2 rings (SSSR count). The minimum atomic E-state index is 0.488. The van der Waals surface area contributed by atoms with Crippen molar-refractivity contribution in [2.75, 3.05) is 0 Å². The predicted octanol–water partition coefficient (Wildman–Crippen LogP) is 2.68. The van der Waals surface area contributed by atoms with Gasteiger partial charge in [0.15, 0.2) is 0 Å². The maximum atomic E-state index is 4.36. The Labute approximate surface area is 102 Å². The van der Waals surface area contributed by atoms with Gasteiger partial charge in [-0.1, -0.05) is 32.0 Å². The summed E-state index contributed by atoms with van der Waals surface area (Å²) in [5, 5.41) is 7.80. The van der Waals surface area contributed by atoms with Gasteiger partial charge in [0, 0.05) is 18.8 Å². The summed E-state index contributed by atoms with van der Waals surface area (Å²) in [7, 11) is 0. The second kappa shape index (κ2) is 5.15. The van der Waals surface area contributed by atoms with Crippen molar-refractivity contribution in [1.29, 1.82) is 0 Å². The average molecular weight is 229 g/mol. The monoisotopic (exact) mass is 229 g/mol. The summed E-state index contributed by atoms with van der Waals surface area (Å²) < 4.78 is 1.94. The van der Waals surface area contributed by atoms with Crippen LogP contribution in [-0.4, -0.2) is 15.8 Å². The zero-order valence-electron chi connectivity index (χ0n) is 10.6. The number of para-hydroxylation sites is 1. The highest BCUT2D eigenvalue weighted by Gasteiger charge is 2.05. The van der Waals surface area contributed by atoms with E-state index in [-0.39, 0.29) is 0 Å². The van der Waals surface area contributed by atoms with Gasteiger partial charge in [-0.2, -0.15) is 5.10 Å². The van der Waals surface area contributed by atoms with E-state index < -0.39 is 0 Å². The lowest BCUT2D eigenvalue weighted by Crippen LogP contribution is -2.22. The Morgan fingerprint density at radius 1 is 1.29 bits per heavy atom. The summed E-state index contributed by atoms with van der Waals surface area (Å²) in [6.45, 7) is 7.23. The third-order valence-corrected chi connectivity index (χ3v) is 2.65. The standard InChI is InChI=1S/C14H19N3/c1-11(2)15-9-13-6-4-5-7-14(13)17-10-12(3)8-16-17/h4-8,10-11,15H,9H2,1-3H3. The van der Waals surface area contributed by atoms with Gasteiger partial charge in [-0.15, -0.1) is 0 Å². The number of hydrogen-bond donors (Lipinski definition) is 1. The molecule has 3 heteroatoms. The van der Waals surface area contributed by atoms with E-state index in [4.69, 9.17) is 0 Å². The van der Waals surface area contributed by atoms with Crippen molar-refractivity contribution >= 4 is 0 Å². The molecule has 0 saturated carbocycles. The second-order valence-corrected chi connectivity index (χ2v) is 4.63. The lowest BCUT2D eigenvalue weighted by Gasteiger charge is -2.12. The summed E-state index contributed by atoms with van der Waals surface area (Å²) in [6.07, 6.45) is 3.93. The molecule has 1 N–H and O–H groups in total. The lowest BCUT2D eigenvalue weighted by molar-refractivity contribution is 0.586. The molecular weight excluding hydrogens is 210 g/mol. The van der Waals surface area contributed by atoms with Crippen LogP contribution in [0.1, 0.15) is 25.0 Å². The molecule has 1 heterocycles. The Morgan fingerprint density at radius 2 is 2.06 bits per heavy atom. The van der Waals surface area contributed by atoms with Gasteiger partial charge in [0.05, 0.1) is 11.9 Å². The molecule has 0 aliphatic carbocycles. The molecule has 0 fully saturated rings. The molecule has 1 aromatic carbocycles. The van der Waals surface area contributed by atoms with E-state index in [2.05, 4.69) is 49.4 Å². The molecule has 0 spiro atoms. The van der Waals surface area contributed by atoms with Crippen molar-refractivity contribution in [2.45, 2.75) is 33.4 Å². The summed E-state index contributed by atoms with van der Waals surface area (Å²) >= 11 is 0. The molecule has 0 amide bonds. The Morgan fingerprint density at radius 3 is 2.71 bits per heavy atom. The van der Waals surface area contributed by atoms with E-state index in [1.165, 1.54) is 11.1 Å². The van der Waals surface area contributed by atoms with E-state index in [9.17, 15) is 0 Å². The van der Waals surface area contributed by atoms with Crippen molar-refractivity contribution in [1.82, 2.24) is 15.1 Å². The van der Waals surface area contributed by atoms with Gasteiger partial charge >= 0.3 is 0 Å². The quantitative estimate of drug-likeness (QED) is 0.873. The fourth-order valence-corrected chi connectivity index (χ4v) is 1.74. The molecule has 0 bridgehead atoms. The second-order valence-electron chi connectivity index (χ2n) is 4.63. The van der Waals surface area contributed by atoms with Crippen molar-refractivity contribution in [3.8, 4) is 5.69 Å². The zero-order chi connectivity index (χ0) is 12.3. The van der Waals surface area contributed by atoms with Crippen molar-refractivity contribution in [2.24, 2.45) is 0 Å². The number of nitrogens with one attached hydrogen (secondary N) is 1. The Bertz CT molecular complexity index is 486. The van der Waals surface area contributed by atoms with Crippen LogP contribution in [0.3, 0.4) is 0 Å². The molecule has 0 aliphatic rings. The lowest BCUT2D eigenvalue weighted by atomic mass is 10.1. The van der Waals surface area contributed by atoms with Gasteiger partial charge in [0.1, 0.15) is 0 Å². The van der Waals surface area contributed by atoms with Gasteiger partial charge in [0.2, 0.25) is 0 Å². The predicted molar refractivity (Wildman–Crippen MR) is 70.3 cm³/mol. The van der Waals surface area contributed by atoms with Gasteiger partial charge in [-0.25, -0.2) is 4.68 Å². The van der Waals surface area contributed by atoms with E-state index in [1.807, 2.05) is 23.1 Å². The van der Waals surface area contributed by atoms with E-state index in [0.717, 1.165) is 12.2 Å². The minimum Gasteiger partial charge on any atom is -0.310 e. The van der Waals surface area contributed by atoms with Crippen LogP contribution in [0.2, 0.25) is 0 Å². The van der Waals surface area contributed by atoms with E-state index in [1.54, 1.807) is 0 Å².